The van der Waals surface area contributed by atoms with Crippen LogP contribution in [0.25, 0.3) is 0 Å². The largest absolute Gasteiger partial charge is 0.490 e. The van der Waals surface area contributed by atoms with Crippen LogP contribution in [-0.2, 0) is 4.79 Å². The summed E-state index contributed by atoms with van der Waals surface area (Å²) in [5.74, 6) is -0.244. The fourth-order valence-electron chi connectivity index (χ4n) is 2.37. The highest BCUT2D eigenvalue weighted by Crippen LogP contribution is 2.22. The highest BCUT2D eigenvalue weighted by molar-refractivity contribution is 5.97. The van der Waals surface area contributed by atoms with Gasteiger partial charge in [0.15, 0.2) is 6.61 Å². The number of amides is 1. The van der Waals surface area contributed by atoms with Crippen LogP contribution < -0.4 is 14.8 Å². The van der Waals surface area contributed by atoms with E-state index in [0.717, 1.165) is 5.56 Å². The molecule has 2 N–H and O–H groups in total. The Morgan fingerprint density at radius 2 is 1.69 bits per heavy atom. The van der Waals surface area contributed by atoms with E-state index >= 15 is 0 Å². The Morgan fingerprint density at radius 3 is 2.31 bits per heavy atom. The Hall–Kier alpha value is -3.02. The zero-order valence-electron chi connectivity index (χ0n) is 15.1. The van der Waals surface area contributed by atoms with Gasteiger partial charge >= 0.3 is 5.97 Å². The summed E-state index contributed by atoms with van der Waals surface area (Å²) in [6.07, 6.45) is -0.0280. The first-order chi connectivity index (χ1) is 12.4. The first-order valence-electron chi connectivity index (χ1n) is 8.38. The van der Waals surface area contributed by atoms with E-state index < -0.39 is 12.6 Å². The van der Waals surface area contributed by atoms with Crippen molar-refractivity contribution in [3.63, 3.8) is 0 Å². The Labute approximate surface area is 152 Å². The molecule has 26 heavy (non-hydrogen) atoms. The van der Waals surface area contributed by atoms with Gasteiger partial charge in [0.1, 0.15) is 11.5 Å². The topological polar surface area (TPSA) is 84.9 Å². The van der Waals surface area contributed by atoms with Gasteiger partial charge in [0, 0.05) is 0 Å². The molecule has 0 aliphatic carbocycles. The van der Waals surface area contributed by atoms with Crippen LogP contribution in [0.3, 0.4) is 0 Å². The molecule has 2 aromatic rings. The maximum atomic E-state index is 12.6. The van der Waals surface area contributed by atoms with Crippen molar-refractivity contribution in [2.45, 2.75) is 32.9 Å². The second-order valence-electron chi connectivity index (χ2n) is 6.11. The Bertz CT molecular complexity index is 755. The van der Waals surface area contributed by atoms with Crippen LogP contribution in [0.2, 0.25) is 0 Å². The number of carboxylic acids is 1. The molecule has 0 radical (unpaired) electrons. The smallest absolute Gasteiger partial charge is 0.341 e. The molecule has 6 nitrogen and oxygen atoms in total. The molecule has 1 atom stereocenters. The van der Waals surface area contributed by atoms with Crippen LogP contribution >= 0.6 is 0 Å². The molecule has 0 fully saturated rings. The molecule has 0 heterocycles. The lowest BCUT2D eigenvalue weighted by atomic mass is 10.1. The quantitative estimate of drug-likeness (QED) is 0.756. The van der Waals surface area contributed by atoms with E-state index in [4.69, 9.17) is 14.6 Å². The van der Waals surface area contributed by atoms with Crippen LogP contribution in [0, 0.1) is 0 Å². The monoisotopic (exact) mass is 357 g/mol. The number of hydrogen-bond donors (Lipinski definition) is 2. The average Bonchev–Trinajstić information content (AvgIpc) is 2.60. The lowest BCUT2D eigenvalue weighted by Crippen LogP contribution is -2.27. The summed E-state index contributed by atoms with van der Waals surface area (Å²) in [6.45, 7) is 5.30. The Balaban J connectivity index is 2.04. The van der Waals surface area contributed by atoms with Crippen LogP contribution in [-0.4, -0.2) is 29.7 Å². The first kappa shape index (κ1) is 19.3. The van der Waals surface area contributed by atoms with Gasteiger partial charge in [-0.2, -0.15) is 0 Å². The third-order valence-electron chi connectivity index (χ3n) is 3.58. The molecular weight excluding hydrogens is 334 g/mol. The number of carbonyl (C=O) groups excluding carboxylic acids is 1. The van der Waals surface area contributed by atoms with Crippen molar-refractivity contribution < 1.29 is 24.2 Å². The first-order valence-corrected chi connectivity index (χ1v) is 8.38. The molecule has 2 rings (SSSR count). The fourth-order valence-corrected chi connectivity index (χ4v) is 2.37. The highest BCUT2D eigenvalue weighted by Gasteiger charge is 2.16. The number of benzene rings is 2. The number of para-hydroxylation sites is 1. The van der Waals surface area contributed by atoms with Gasteiger partial charge in [0.05, 0.1) is 17.7 Å². The van der Waals surface area contributed by atoms with Gasteiger partial charge in [-0.3, -0.25) is 4.79 Å². The normalized spacial score (nSPS) is 11.7. The fraction of sp³-hybridized carbons (Fsp3) is 0.300. The maximum absolute atomic E-state index is 12.6. The zero-order valence-corrected chi connectivity index (χ0v) is 15.1. The molecular formula is C20H23NO5. The number of ether oxygens (including phenoxy) is 2. The number of carbonyl (C=O) groups is 2. The SMILES string of the molecule is CC(C)Oc1ccccc1C(=O)NC(C)c1ccc(OCC(=O)O)cc1. The lowest BCUT2D eigenvalue weighted by molar-refractivity contribution is -0.139. The molecule has 2 aromatic carbocycles. The maximum Gasteiger partial charge on any atom is 0.341 e. The standard InChI is InChI=1S/C20H23NO5/c1-13(2)26-18-7-5-4-6-17(18)20(24)21-14(3)15-8-10-16(11-9-15)25-12-19(22)23/h4-11,13-14H,12H2,1-3H3,(H,21,24)(H,22,23). The molecule has 0 bridgehead atoms. The average molecular weight is 357 g/mol. The number of nitrogens with one attached hydrogen (secondary N) is 1. The molecule has 6 heteroatoms. The van der Waals surface area contributed by atoms with E-state index in [-0.39, 0.29) is 18.1 Å². The van der Waals surface area contributed by atoms with Crippen LogP contribution in [0.5, 0.6) is 11.5 Å². The third kappa shape index (κ3) is 5.51. The van der Waals surface area contributed by atoms with Gasteiger partial charge in [-0.15, -0.1) is 0 Å². The van der Waals surface area contributed by atoms with E-state index in [2.05, 4.69) is 5.32 Å². The van der Waals surface area contributed by atoms with E-state index in [1.807, 2.05) is 26.8 Å². The summed E-state index contributed by atoms with van der Waals surface area (Å²) in [5.41, 5.74) is 1.36. The number of rotatable bonds is 8. The van der Waals surface area contributed by atoms with Crippen LogP contribution in [0.15, 0.2) is 48.5 Å². The molecule has 138 valence electrons. The van der Waals surface area contributed by atoms with Gasteiger partial charge in [0.25, 0.3) is 5.91 Å². The van der Waals surface area contributed by atoms with Crippen molar-refractivity contribution in [2.75, 3.05) is 6.61 Å². The second-order valence-corrected chi connectivity index (χ2v) is 6.11. The van der Waals surface area contributed by atoms with Crippen molar-refractivity contribution in [3.05, 3.63) is 59.7 Å². The summed E-state index contributed by atoms with van der Waals surface area (Å²) in [6, 6.07) is 13.8. The minimum Gasteiger partial charge on any atom is -0.490 e. The van der Waals surface area contributed by atoms with Crippen molar-refractivity contribution in [3.8, 4) is 11.5 Å². The van der Waals surface area contributed by atoms with Gasteiger partial charge in [-0.25, -0.2) is 4.79 Å². The molecule has 0 spiro atoms. The molecule has 0 saturated carbocycles. The van der Waals surface area contributed by atoms with Crippen molar-refractivity contribution >= 4 is 11.9 Å². The van der Waals surface area contributed by atoms with E-state index in [1.165, 1.54) is 0 Å². The summed E-state index contributed by atoms with van der Waals surface area (Å²) >= 11 is 0. The summed E-state index contributed by atoms with van der Waals surface area (Å²) < 4.78 is 10.8. The molecule has 1 amide bonds. The van der Waals surface area contributed by atoms with E-state index in [1.54, 1.807) is 42.5 Å². The molecule has 1 unspecified atom stereocenters. The minimum atomic E-state index is -1.03. The van der Waals surface area contributed by atoms with Gasteiger partial charge in [-0.05, 0) is 50.6 Å². The lowest BCUT2D eigenvalue weighted by Gasteiger charge is -2.17. The molecule has 0 aliphatic rings. The molecule has 0 aliphatic heterocycles. The van der Waals surface area contributed by atoms with Gasteiger partial charge in [-0.1, -0.05) is 24.3 Å². The Morgan fingerprint density at radius 1 is 1.04 bits per heavy atom. The second kappa shape index (κ2) is 8.89. The Kier molecular flexibility index (Phi) is 6.60. The van der Waals surface area contributed by atoms with Gasteiger partial charge in [0.2, 0.25) is 0 Å². The van der Waals surface area contributed by atoms with Gasteiger partial charge < -0.3 is 19.9 Å². The predicted molar refractivity (Wildman–Crippen MR) is 97.7 cm³/mol. The number of hydrogen-bond acceptors (Lipinski definition) is 4. The summed E-state index contributed by atoms with van der Waals surface area (Å²) in [5, 5.41) is 11.6. The highest BCUT2D eigenvalue weighted by atomic mass is 16.5. The number of aliphatic carboxylic acids is 1. The third-order valence-corrected chi connectivity index (χ3v) is 3.58. The van der Waals surface area contributed by atoms with Crippen molar-refractivity contribution in [2.24, 2.45) is 0 Å². The van der Waals surface area contributed by atoms with E-state index in [9.17, 15) is 9.59 Å². The minimum absolute atomic E-state index is 0.0280. The van der Waals surface area contributed by atoms with Crippen molar-refractivity contribution in [1.82, 2.24) is 5.32 Å². The van der Waals surface area contributed by atoms with Crippen molar-refractivity contribution in [1.29, 1.82) is 0 Å². The van der Waals surface area contributed by atoms with Crippen LogP contribution in [0.1, 0.15) is 42.7 Å². The summed E-state index contributed by atoms with van der Waals surface area (Å²) in [4.78, 5) is 23.1. The summed E-state index contributed by atoms with van der Waals surface area (Å²) in [7, 11) is 0. The van der Waals surface area contributed by atoms with Crippen LogP contribution in [0.4, 0.5) is 0 Å². The van der Waals surface area contributed by atoms with E-state index in [0.29, 0.717) is 17.1 Å². The molecule has 0 saturated heterocycles. The molecule has 0 aromatic heterocycles. The zero-order chi connectivity index (χ0) is 19.1. The predicted octanol–water partition coefficient (Wildman–Crippen LogP) is 3.43. The number of carboxylic acid groups (broad SMARTS) is 1.